The van der Waals surface area contributed by atoms with Crippen molar-refractivity contribution in [3.8, 4) is 0 Å². The Labute approximate surface area is 494 Å². The van der Waals surface area contributed by atoms with E-state index in [2.05, 4.69) is 43.5 Å². The van der Waals surface area contributed by atoms with Gasteiger partial charge in [-0.15, -0.1) is 0 Å². The zero-order valence-electron chi connectivity index (χ0n) is 53.4. The highest BCUT2D eigenvalue weighted by Crippen LogP contribution is 2.19. The number of hydrogen-bond acceptors (Lipinski definition) is 5. The summed E-state index contributed by atoms with van der Waals surface area (Å²) < 4.78 is 5.48. The van der Waals surface area contributed by atoms with Crippen molar-refractivity contribution in [2.45, 2.75) is 405 Å². The van der Waals surface area contributed by atoms with Crippen LogP contribution < -0.4 is 5.32 Å². The van der Waals surface area contributed by atoms with Gasteiger partial charge in [0.2, 0.25) is 5.91 Å². The number of hydrogen-bond donors (Lipinski definition) is 3. The van der Waals surface area contributed by atoms with Gasteiger partial charge in [0, 0.05) is 12.8 Å². The van der Waals surface area contributed by atoms with E-state index in [1.807, 2.05) is 6.08 Å². The Morgan fingerprint density at radius 1 is 0.354 bits per heavy atom. The third kappa shape index (κ3) is 65.1. The summed E-state index contributed by atoms with van der Waals surface area (Å²) in [7, 11) is 0. The number of esters is 1. The summed E-state index contributed by atoms with van der Waals surface area (Å²) in [6, 6.07) is -0.624. The van der Waals surface area contributed by atoms with Crippen LogP contribution in [0.25, 0.3) is 0 Å². The summed E-state index contributed by atoms with van der Waals surface area (Å²) in [5.41, 5.74) is 0. The number of amides is 1. The Morgan fingerprint density at radius 3 is 1.00 bits per heavy atom. The van der Waals surface area contributed by atoms with Crippen LogP contribution >= 0.6 is 0 Å². The van der Waals surface area contributed by atoms with Crippen molar-refractivity contribution in [3.05, 3.63) is 36.5 Å². The first-order chi connectivity index (χ1) is 39.0. The summed E-state index contributed by atoms with van der Waals surface area (Å²) >= 11 is 0. The van der Waals surface area contributed by atoms with Gasteiger partial charge >= 0.3 is 5.97 Å². The van der Waals surface area contributed by atoms with Crippen LogP contribution in [0.15, 0.2) is 36.5 Å². The first-order valence-corrected chi connectivity index (χ1v) is 35.8. The molecule has 2 unspecified atom stereocenters. The molecule has 0 aromatic carbocycles. The minimum atomic E-state index is -0.841. The molecular weight excluding hydrogens is 971 g/mol. The number of aliphatic hydroxyl groups is 2. The fraction of sp³-hybridized carbons (Fsp3) is 0.890. The van der Waals surface area contributed by atoms with Crippen LogP contribution in [0.5, 0.6) is 0 Å². The molecule has 0 aliphatic rings. The fourth-order valence-corrected chi connectivity index (χ4v) is 11.2. The standard InChI is InChI=1S/C73H139NO5/c1-3-5-7-9-11-13-15-17-38-41-45-49-53-57-61-65-71(76)70(69-75)74-72(77)66-62-58-54-50-46-42-39-36-34-32-30-28-26-24-22-20-19-21-23-25-27-29-31-33-35-37-40-44-48-52-56-60-64-68-79-73(78)67-63-59-55-51-47-43-18-16-14-12-10-8-6-4-2/h10,12,16,18,61,65,70-71,75-76H,3-9,11,13-15,17,19-60,62-64,66-69H2,1-2H3,(H,74,77)/b12-10-,18-16-,65-61+. The molecule has 0 aliphatic heterocycles. The first kappa shape index (κ1) is 77.1. The van der Waals surface area contributed by atoms with Crippen LogP contribution in [-0.2, 0) is 14.3 Å². The molecule has 466 valence electrons. The molecule has 79 heavy (non-hydrogen) atoms. The number of allylic oxidation sites excluding steroid dienone is 5. The summed E-state index contributed by atoms with van der Waals surface area (Å²) in [4.78, 5) is 24.5. The maximum atomic E-state index is 12.5. The Bertz CT molecular complexity index is 1280. The first-order valence-electron chi connectivity index (χ1n) is 35.8. The van der Waals surface area contributed by atoms with Crippen molar-refractivity contribution in [3.63, 3.8) is 0 Å². The zero-order chi connectivity index (χ0) is 57.1. The highest BCUT2D eigenvalue weighted by atomic mass is 16.5. The van der Waals surface area contributed by atoms with E-state index in [1.165, 1.54) is 315 Å². The van der Waals surface area contributed by atoms with E-state index < -0.39 is 12.1 Å². The number of carbonyl (C=O) groups excluding carboxylic acids is 2. The fourth-order valence-electron chi connectivity index (χ4n) is 11.2. The molecule has 0 rings (SSSR count). The molecule has 3 N–H and O–H groups in total. The van der Waals surface area contributed by atoms with Crippen LogP contribution in [0.3, 0.4) is 0 Å². The van der Waals surface area contributed by atoms with Crippen molar-refractivity contribution in [2.24, 2.45) is 0 Å². The number of rotatable bonds is 67. The molecule has 0 bridgehead atoms. The molecule has 0 fully saturated rings. The van der Waals surface area contributed by atoms with Crippen molar-refractivity contribution in [2.75, 3.05) is 13.2 Å². The van der Waals surface area contributed by atoms with Gasteiger partial charge in [-0.2, -0.15) is 0 Å². The Kier molecular flexibility index (Phi) is 66.9. The molecule has 0 saturated heterocycles. The van der Waals surface area contributed by atoms with Crippen LogP contribution in [0.4, 0.5) is 0 Å². The molecule has 2 atom stereocenters. The van der Waals surface area contributed by atoms with Gasteiger partial charge in [0.15, 0.2) is 0 Å². The average Bonchev–Trinajstić information content (AvgIpc) is 3.45. The van der Waals surface area contributed by atoms with E-state index in [9.17, 15) is 19.8 Å². The highest BCUT2D eigenvalue weighted by molar-refractivity contribution is 5.76. The highest BCUT2D eigenvalue weighted by Gasteiger charge is 2.18. The number of ether oxygens (including phenoxy) is 1. The van der Waals surface area contributed by atoms with Gasteiger partial charge < -0.3 is 20.3 Å². The van der Waals surface area contributed by atoms with E-state index >= 15 is 0 Å². The molecule has 0 radical (unpaired) electrons. The van der Waals surface area contributed by atoms with E-state index in [1.54, 1.807) is 6.08 Å². The van der Waals surface area contributed by atoms with Crippen molar-refractivity contribution < 1.29 is 24.5 Å². The molecule has 0 aromatic heterocycles. The van der Waals surface area contributed by atoms with Crippen molar-refractivity contribution >= 4 is 11.9 Å². The quantitative estimate of drug-likeness (QED) is 0.0320. The normalized spacial score (nSPS) is 12.7. The molecular formula is C73H139NO5. The lowest BCUT2D eigenvalue weighted by Crippen LogP contribution is -2.45. The number of carbonyl (C=O) groups is 2. The second-order valence-electron chi connectivity index (χ2n) is 24.6. The van der Waals surface area contributed by atoms with Gasteiger partial charge in [0.25, 0.3) is 0 Å². The van der Waals surface area contributed by atoms with Crippen LogP contribution in [0.1, 0.15) is 393 Å². The SMILES string of the molecule is CCCC/C=C\C/C=C\CCCCCCCC(=O)OCCCCCCCCCCCCCCCCCCCCCCCCCCCCCCCCCCCC(=O)NC(CO)C(O)/C=C/CCCCCCCCCCCCCCC. The lowest BCUT2D eigenvalue weighted by Gasteiger charge is -2.20. The molecule has 6 nitrogen and oxygen atoms in total. The summed E-state index contributed by atoms with van der Waals surface area (Å²) in [5, 5.41) is 23.2. The second kappa shape index (κ2) is 68.6. The molecule has 0 spiro atoms. The van der Waals surface area contributed by atoms with E-state index in [-0.39, 0.29) is 18.5 Å². The predicted molar refractivity (Wildman–Crippen MR) is 347 cm³/mol. The molecule has 6 heteroatoms. The van der Waals surface area contributed by atoms with E-state index in [0.717, 1.165) is 51.4 Å². The van der Waals surface area contributed by atoms with Crippen LogP contribution in [0.2, 0.25) is 0 Å². The van der Waals surface area contributed by atoms with Crippen LogP contribution in [-0.4, -0.2) is 47.4 Å². The van der Waals surface area contributed by atoms with Gasteiger partial charge in [0.05, 0.1) is 25.4 Å². The Hall–Kier alpha value is -1.92. The maximum absolute atomic E-state index is 12.5. The minimum absolute atomic E-state index is 0.00701. The monoisotopic (exact) mass is 1110 g/mol. The molecule has 0 aliphatic carbocycles. The largest absolute Gasteiger partial charge is 0.466 e. The topological polar surface area (TPSA) is 95.9 Å². The van der Waals surface area contributed by atoms with Crippen molar-refractivity contribution in [1.82, 2.24) is 5.32 Å². The van der Waals surface area contributed by atoms with Crippen molar-refractivity contribution in [1.29, 1.82) is 0 Å². The van der Waals surface area contributed by atoms with Crippen LogP contribution in [0, 0.1) is 0 Å². The van der Waals surface area contributed by atoms with Gasteiger partial charge in [-0.25, -0.2) is 0 Å². The van der Waals surface area contributed by atoms with Gasteiger partial charge in [-0.3, -0.25) is 9.59 Å². The number of nitrogens with one attached hydrogen (secondary N) is 1. The smallest absolute Gasteiger partial charge is 0.305 e. The zero-order valence-corrected chi connectivity index (χ0v) is 53.4. The van der Waals surface area contributed by atoms with Gasteiger partial charge in [-0.05, 0) is 57.8 Å². The second-order valence-corrected chi connectivity index (χ2v) is 24.6. The Morgan fingerprint density at radius 2 is 0.646 bits per heavy atom. The summed E-state index contributed by atoms with van der Waals surface area (Å²) in [5.74, 6) is -0.0539. The lowest BCUT2D eigenvalue weighted by molar-refractivity contribution is -0.143. The third-order valence-corrected chi connectivity index (χ3v) is 16.7. The minimum Gasteiger partial charge on any atom is -0.466 e. The summed E-state index contributed by atoms with van der Waals surface area (Å²) in [6.45, 7) is 4.89. The van der Waals surface area contributed by atoms with Gasteiger partial charge in [0.1, 0.15) is 0 Å². The maximum Gasteiger partial charge on any atom is 0.305 e. The molecule has 1 amide bonds. The molecule has 0 heterocycles. The van der Waals surface area contributed by atoms with Gasteiger partial charge in [-0.1, -0.05) is 359 Å². The Balaban J connectivity index is 3.33. The molecule has 0 saturated carbocycles. The molecule has 0 aromatic rings. The predicted octanol–water partition coefficient (Wildman–Crippen LogP) is 23.1. The average molecular weight is 1110 g/mol. The number of unbranched alkanes of at least 4 members (excludes halogenated alkanes) is 52. The third-order valence-electron chi connectivity index (χ3n) is 16.7. The van der Waals surface area contributed by atoms with E-state index in [0.29, 0.717) is 19.4 Å². The summed E-state index contributed by atoms with van der Waals surface area (Å²) in [6.07, 6.45) is 88.1. The number of aliphatic hydroxyl groups excluding tert-OH is 2. The van der Waals surface area contributed by atoms with E-state index in [4.69, 9.17) is 4.74 Å². The lowest BCUT2D eigenvalue weighted by atomic mass is 10.0.